The number of benzene rings is 2. The minimum atomic E-state index is -0.471. The highest BCUT2D eigenvalue weighted by molar-refractivity contribution is 5.95. The predicted octanol–water partition coefficient (Wildman–Crippen LogP) is 4.82. The lowest BCUT2D eigenvalue weighted by Gasteiger charge is -2.08. The van der Waals surface area contributed by atoms with Gasteiger partial charge in [-0.05, 0) is 30.5 Å². The lowest BCUT2D eigenvalue weighted by Crippen LogP contribution is -2.25. The van der Waals surface area contributed by atoms with Gasteiger partial charge in [-0.3, -0.25) is 9.59 Å². The van der Waals surface area contributed by atoms with Gasteiger partial charge < -0.3 is 15.0 Å². The van der Waals surface area contributed by atoms with Crippen molar-refractivity contribution in [1.82, 2.24) is 9.88 Å². The monoisotopic (exact) mass is 406 g/mol. The smallest absolute Gasteiger partial charge is 0.266 e. The number of hydrogen-bond donors (Lipinski definition) is 2. The van der Waals surface area contributed by atoms with Gasteiger partial charge in [0, 0.05) is 30.5 Å². The molecule has 0 bridgehead atoms. The van der Waals surface area contributed by atoms with Gasteiger partial charge in [-0.2, -0.15) is 0 Å². The lowest BCUT2D eigenvalue weighted by atomic mass is 10.1. The minimum absolute atomic E-state index is 0.00535. The summed E-state index contributed by atoms with van der Waals surface area (Å²) in [5.74, 6) is -0.220. The van der Waals surface area contributed by atoms with Crippen LogP contribution in [0, 0.1) is 5.92 Å². The fourth-order valence-electron chi connectivity index (χ4n) is 3.11. The summed E-state index contributed by atoms with van der Waals surface area (Å²) in [7, 11) is 0. The molecule has 0 radical (unpaired) electrons. The van der Waals surface area contributed by atoms with Gasteiger partial charge in [0.15, 0.2) is 5.69 Å². The Bertz CT molecular complexity index is 1060. The average Bonchev–Trinajstić information content (AvgIpc) is 3.02. The molecule has 7 nitrogen and oxygen atoms in total. The maximum atomic E-state index is 12.1. The van der Waals surface area contributed by atoms with E-state index in [9.17, 15) is 14.7 Å². The summed E-state index contributed by atoms with van der Waals surface area (Å²) in [6.07, 6.45) is 0.928. The molecule has 0 saturated heterocycles. The van der Waals surface area contributed by atoms with Crippen molar-refractivity contribution in [2.75, 3.05) is 6.54 Å². The number of aromatic hydroxyl groups is 1. The number of azo groups is 1. The molecule has 2 aromatic carbocycles. The zero-order valence-corrected chi connectivity index (χ0v) is 17.2. The summed E-state index contributed by atoms with van der Waals surface area (Å²) >= 11 is 0. The van der Waals surface area contributed by atoms with E-state index in [0.717, 1.165) is 17.3 Å². The second-order valence-corrected chi connectivity index (χ2v) is 7.49. The second kappa shape index (κ2) is 9.82. The Morgan fingerprint density at radius 2 is 1.77 bits per heavy atom. The molecule has 0 saturated carbocycles. The molecule has 156 valence electrons. The van der Waals surface area contributed by atoms with E-state index in [4.69, 9.17) is 0 Å². The SMILES string of the molecule is CC(C)CCn1c(O)c(N=NC(=O)CCNC(=O)c2ccccc2)c2ccccc21. The van der Waals surface area contributed by atoms with Crippen LogP contribution in [0.1, 0.15) is 37.0 Å². The number of aryl methyl sites for hydroxylation is 1. The third-order valence-corrected chi connectivity index (χ3v) is 4.77. The number of nitrogens with one attached hydrogen (secondary N) is 1. The molecular weight excluding hydrogens is 380 g/mol. The van der Waals surface area contributed by atoms with Crippen molar-refractivity contribution in [1.29, 1.82) is 0 Å². The summed E-state index contributed by atoms with van der Waals surface area (Å²) in [5, 5.41) is 21.9. The number of nitrogens with zero attached hydrogens (tertiary/aromatic N) is 3. The van der Waals surface area contributed by atoms with Crippen molar-refractivity contribution in [3.63, 3.8) is 0 Å². The van der Waals surface area contributed by atoms with Gasteiger partial charge in [-0.1, -0.05) is 50.2 Å². The molecule has 0 spiro atoms. The Balaban J connectivity index is 1.66. The van der Waals surface area contributed by atoms with Crippen LogP contribution in [0.3, 0.4) is 0 Å². The van der Waals surface area contributed by atoms with Gasteiger partial charge in [-0.25, -0.2) is 0 Å². The van der Waals surface area contributed by atoms with E-state index in [1.165, 1.54) is 0 Å². The molecule has 0 aliphatic heterocycles. The molecule has 1 heterocycles. The maximum Gasteiger partial charge on any atom is 0.266 e. The fraction of sp³-hybridized carbons (Fsp3) is 0.304. The summed E-state index contributed by atoms with van der Waals surface area (Å²) in [5.41, 5.74) is 1.67. The van der Waals surface area contributed by atoms with Crippen molar-refractivity contribution < 1.29 is 14.7 Å². The fourth-order valence-corrected chi connectivity index (χ4v) is 3.11. The molecule has 0 aliphatic carbocycles. The number of carbonyl (C=O) groups excluding carboxylic acids is 2. The van der Waals surface area contributed by atoms with E-state index < -0.39 is 5.91 Å². The standard InChI is InChI=1S/C23H26N4O3/c1-16(2)13-15-27-19-11-7-6-10-18(19)21(23(27)30)26-25-20(28)12-14-24-22(29)17-8-4-3-5-9-17/h3-11,16,30H,12-15H2,1-2H3,(H,24,29). The van der Waals surface area contributed by atoms with Gasteiger partial charge in [0.05, 0.1) is 5.52 Å². The first-order valence-corrected chi connectivity index (χ1v) is 10.1. The molecule has 0 fully saturated rings. The van der Waals surface area contributed by atoms with E-state index in [2.05, 4.69) is 29.4 Å². The van der Waals surface area contributed by atoms with E-state index in [0.29, 0.717) is 18.0 Å². The molecule has 3 rings (SSSR count). The zero-order valence-electron chi connectivity index (χ0n) is 17.2. The number of carbonyl (C=O) groups is 2. The summed E-state index contributed by atoms with van der Waals surface area (Å²) < 4.78 is 1.80. The van der Waals surface area contributed by atoms with Crippen LogP contribution in [0.25, 0.3) is 10.9 Å². The molecular formula is C23H26N4O3. The van der Waals surface area contributed by atoms with Crippen molar-refractivity contribution >= 4 is 28.4 Å². The average molecular weight is 406 g/mol. The van der Waals surface area contributed by atoms with Crippen molar-refractivity contribution in [2.24, 2.45) is 16.1 Å². The molecule has 2 N–H and O–H groups in total. The summed E-state index contributed by atoms with van der Waals surface area (Å²) in [6.45, 7) is 5.06. The van der Waals surface area contributed by atoms with E-state index in [-0.39, 0.29) is 30.4 Å². The molecule has 30 heavy (non-hydrogen) atoms. The van der Waals surface area contributed by atoms with Crippen LogP contribution < -0.4 is 5.32 Å². The van der Waals surface area contributed by atoms with Crippen LogP contribution in [-0.2, 0) is 11.3 Å². The Labute approximate surface area is 175 Å². The topological polar surface area (TPSA) is 96.0 Å². The minimum Gasteiger partial charge on any atom is -0.493 e. The Kier molecular flexibility index (Phi) is 6.95. The summed E-state index contributed by atoms with van der Waals surface area (Å²) in [4.78, 5) is 24.1. The number of para-hydroxylation sites is 1. The largest absolute Gasteiger partial charge is 0.493 e. The van der Waals surface area contributed by atoms with Crippen LogP contribution in [0.15, 0.2) is 64.8 Å². The van der Waals surface area contributed by atoms with Gasteiger partial charge in [0.2, 0.25) is 5.88 Å². The van der Waals surface area contributed by atoms with Crippen LogP contribution in [-0.4, -0.2) is 28.0 Å². The maximum absolute atomic E-state index is 12.1. The highest BCUT2D eigenvalue weighted by Gasteiger charge is 2.17. The number of rotatable bonds is 8. The lowest BCUT2D eigenvalue weighted by molar-refractivity contribution is -0.118. The molecule has 1 aromatic heterocycles. The third kappa shape index (κ3) is 5.11. The van der Waals surface area contributed by atoms with Crippen LogP contribution in [0.5, 0.6) is 5.88 Å². The van der Waals surface area contributed by atoms with E-state index in [1.54, 1.807) is 28.8 Å². The highest BCUT2D eigenvalue weighted by atomic mass is 16.3. The highest BCUT2D eigenvalue weighted by Crippen LogP contribution is 2.39. The first kappa shape index (κ1) is 21.2. The van der Waals surface area contributed by atoms with Crippen molar-refractivity contribution in [3.8, 4) is 5.88 Å². The first-order valence-electron chi connectivity index (χ1n) is 10.1. The van der Waals surface area contributed by atoms with Gasteiger partial charge in [0.1, 0.15) is 0 Å². The van der Waals surface area contributed by atoms with E-state index in [1.807, 2.05) is 30.3 Å². The number of hydrogen-bond acceptors (Lipinski definition) is 4. The number of aromatic nitrogens is 1. The number of amides is 2. The molecule has 7 heteroatoms. The predicted molar refractivity (Wildman–Crippen MR) is 116 cm³/mol. The molecule has 2 amide bonds. The van der Waals surface area contributed by atoms with Crippen LogP contribution in [0.4, 0.5) is 5.69 Å². The number of fused-ring (bicyclic) bond motifs is 1. The normalized spacial score (nSPS) is 11.4. The van der Waals surface area contributed by atoms with Crippen LogP contribution >= 0.6 is 0 Å². The Morgan fingerprint density at radius 1 is 1.07 bits per heavy atom. The molecule has 0 atom stereocenters. The Hall–Kier alpha value is -3.48. The van der Waals surface area contributed by atoms with Gasteiger partial charge in [-0.15, -0.1) is 10.2 Å². The zero-order chi connectivity index (χ0) is 21.5. The Morgan fingerprint density at radius 3 is 2.50 bits per heavy atom. The third-order valence-electron chi connectivity index (χ3n) is 4.77. The van der Waals surface area contributed by atoms with Crippen molar-refractivity contribution in [3.05, 3.63) is 60.2 Å². The quantitative estimate of drug-likeness (QED) is 0.525. The first-order chi connectivity index (χ1) is 14.5. The van der Waals surface area contributed by atoms with Gasteiger partial charge in [0.25, 0.3) is 11.8 Å². The van der Waals surface area contributed by atoms with Gasteiger partial charge >= 0.3 is 0 Å². The second-order valence-electron chi connectivity index (χ2n) is 7.49. The van der Waals surface area contributed by atoms with Crippen molar-refractivity contribution in [2.45, 2.75) is 33.2 Å². The summed E-state index contributed by atoms with van der Waals surface area (Å²) in [6, 6.07) is 16.3. The van der Waals surface area contributed by atoms with Crippen LogP contribution in [0.2, 0.25) is 0 Å². The molecule has 0 aliphatic rings. The van der Waals surface area contributed by atoms with E-state index >= 15 is 0 Å². The molecule has 3 aromatic rings. The molecule has 0 unspecified atom stereocenters.